The highest BCUT2D eigenvalue weighted by Gasteiger charge is 2.11. The van der Waals surface area contributed by atoms with Crippen LogP contribution in [-0.2, 0) is 0 Å². The molecule has 1 N–H and O–H groups in total. The molecule has 0 saturated heterocycles. The summed E-state index contributed by atoms with van der Waals surface area (Å²) >= 11 is 0. The van der Waals surface area contributed by atoms with Crippen LogP contribution in [0.2, 0.25) is 0 Å². The van der Waals surface area contributed by atoms with Crippen molar-refractivity contribution in [2.45, 2.75) is 20.8 Å². The van der Waals surface area contributed by atoms with Gasteiger partial charge in [0.1, 0.15) is 0 Å². The van der Waals surface area contributed by atoms with Crippen LogP contribution in [0.3, 0.4) is 0 Å². The number of nitrogens with one attached hydrogen (secondary N) is 1. The maximum atomic E-state index is 4.33. The van der Waals surface area contributed by atoms with E-state index in [9.17, 15) is 0 Å². The molecule has 0 radical (unpaired) electrons. The highest BCUT2D eigenvalue weighted by atomic mass is 15.2. The molecule has 0 fully saturated rings. The van der Waals surface area contributed by atoms with E-state index in [-0.39, 0.29) is 0 Å². The minimum Gasteiger partial charge on any atom is -0.371 e. The largest absolute Gasteiger partial charge is 0.371 e. The minimum absolute atomic E-state index is 0.847. The summed E-state index contributed by atoms with van der Waals surface area (Å²) in [5.41, 5.74) is 5.68. The fraction of sp³-hybridized carbons (Fsp3) is 0.286. The van der Waals surface area contributed by atoms with Gasteiger partial charge in [0.15, 0.2) is 5.82 Å². The summed E-state index contributed by atoms with van der Waals surface area (Å²) < 4.78 is 0. The summed E-state index contributed by atoms with van der Waals surface area (Å²) in [5.74, 6) is 0.847. The Hall–Kier alpha value is -1.90. The zero-order valence-corrected chi connectivity index (χ0v) is 10.7. The van der Waals surface area contributed by atoms with E-state index in [1.807, 2.05) is 19.2 Å². The van der Waals surface area contributed by atoms with Crippen molar-refractivity contribution in [2.24, 2.45) is 0 Å². The molecule has 88 valence electrons. The number of nitrogens with zero attached hydrogens (tertiary/aromatic N) is 2. The van der Waals surface area contributed by atoms with Crippen LogP contribution in [0.15, 0.2) is 24.3 Å². The molecular formula is C14H17N3. The molecule has 1 aromatic carbocycles. The number of aryl methyl sites for hydroxylation is 1. The molecular weight excluding hydrogens is 210 g/mol. The topological polar surface area (TPSA) is 37.8 Å². The van der Waals surface area contributed by atoms with E-state index in [1.54, 1.807) is 0 Å². The normalized spacial score (nSPS) is 10.4. The van der Waals surface area contributed by atoms with Gasteiger partial charge in [-0.3, -0.25) is 0 Å². The molecule has 0 spiro atoms. The molecule has 0 aliphatic heterocycles. The number of hydrogen-bond donors (Lipinski definition) is 1. The fourth-order valence-electron chi connectivity index (χ4n) is 1.94. The first kappa shape index (κ1) is 11.6. The van der Waals surface area contributed by atoms with Crippen molar-refractivity contribution in [1.82, 2.24) is 10.2 Å². The van der Waals surface area contributed by atoms with Crippen LogP contribution in [0, 0.1) is 20.8 Å². The maximum Gasteiger partial charge on any atom is 0.151 e. The molecule has 0 amide bonds. The smallest absolute Gasteiger partial charge is 0.151 e. The molecule has 0 aliphatic rings. The van der Waals surface area contributed by atoms with Crippen LogP contribution in [-0.4, -0.2) is 17.2 Å². The number of rotatable bonds is 2. The van der Waals surface area contributed by atoms with Gasteiger partial charge in [-0.2, -0.15) is 0 Å². The second kappa shape index (κ2) is 4.53. The van der Waals surface area contributed by atoms with Crippen molar-refractivity contribution in [2.75, 3.05) is 12.4 Å². The van der Waals surface area contributed by atoms with E-state index in [2.05, 4.69) is 48.4 Å². The molecule has 0 aliphatic carbocycles. The summed E-state index contributed by atoms with van der Waals surface area (Å²) in [6, 6.07) is 8.25. The third-order valence-electron chi connectivity index (χ3n) is 3.16. The van der Waals surface area contributed by atoms with Crippen LogP contribution in [0.5, 0.6) is 0 Å². The summed E-state index contributed by atoms with van der Waals surface area (Å²) in [7, 11) is 1.86. The molecule has 0 saturated carbocycles. The molecule has 2 aromatic rings. The average molecular weight is 227 g/mol. The lowest BCUT2D eigenvalue weighted by atomic mass is 10.00. The van der Waals surface area contributed by atoms with Crippen LogP contribution in [0.25, 0.3) is 11.3 Å². The predicted octanol–water partition coefficient (Wildman–Crippen LogP) is 3.11. The van der Waals surface area contributed by atoms with Gasteiger partial charge in [0, 0.05) is 12.6 Å². The Balaban J connectivity index is 2.62. The lowest BCUT2D eigenvalue weighted by Crippen LogP contribution is -2.03. The Morgan fingerprint density at radius 3 is 2.29 bits per heavy atom. The summed E-state index contributed by atoms with van der Waals surface area (Å²) in [6.45, 7) is 6.25. The van der Waals surface area contributed by atoms with Crippen molar-refractivity contribution in [3.05, 3.63) is 41.0 Å². The molecule has 1 heterocycles. The molecule has 2 rings (SSSR count). The van der Waals surface area contributed by atoms with Crippen LogP contribution >= 0.6 is 0 Å². The number of aromatic nitrogens is 2. The lowest BCUT2D eigenvalue weighted by Gasteiger charge is -2.12. The Bertz CT molecular complexity index is 547. The van der Waals surface area contributed by atoms with Crippen molar-refractivity contribution < 1.29 is 0 Å². The molecule has 0 bridgehead atoms. The van der Waals surface area contributed by atoms with Gasteiger partial charge in [0.05, 0.1) is 5.69 Å². The molecule has 0 atom stereocenters. The van der Waals surface area contributed by atoms with Gasteiger partial charge in [0.2, 0.25) is 0 Å². The Labute approximate surface area is 102 Å². The average Bonchev–Trinajstić information content (AvgIpc) is 2.34. The summed E-state index contributed by atoms with van der Waals surface area (Å²) in [4.78, 5) is 0. The molecule has 3 heteroatoms. The van der Waals surface area contributed by atoms with Gasteiger partial charge in [-0.25, -0.2) is 0 Å². The Morgan fingerprint density at radius 1 is 0.941 bits per heavy atom. The van der Waals surface area contributed by atoms with E-state index in [0.29, 0.717) is 0 Å². The molecule has 17 heavy (non-hydrogen) atoms. The lowest BCUT2D eigenvalue weighted by molar-refractivity contribution is 1.00. The third kappa shape index (κ3) is 2.00. The van der Waals surface area contributed by atoms with E-state index in [1.165, 1.54) is 11.1 Å². The summed E-state index contributed by atoms with van der Waals surface area (Å²) in [5, 5.41) is 11.6. The van der Waals surface area contributed by atoms with Gasteiger partial charge < -0.3 is 5.32 Å². The van der Waals surface area contributed by atoms with Crippen molar-refractivity contribution in [1.29, 1.82) is 0 Å². The number of benzene rings is 1. The highest BCUT2D eigenvalue weighted by Crippen LogP contribution is 2.27. The standard InChI is InChI=1S/C14H17N3/c1-9-7-5-6-8-12(9)13-10(2)11(3)14(15-4)17-16-13/h5-8H,1-4H3,(H,15,17). The number of hydrogen-bond acceptors (Lipinski definition) is 3. The minimum atomic E-state index is 0.847. The molecule has 0 unspecified atom stereocenters. The monoisotopic (exact) mass is 227 g/mol. The highest BCUT2D eigenvalue weighted by molar-refractivity contribution is 5.69. The first-order valence-electron chi connectivity index (χ1n) is 5.72. The van der Waals surface area contributed by atoms with Gasteiger partial charge in [-0.05, 0) is 37.5 Å². The van der Waals surface area contributed by atoms with E-state index in [0.717, 1.165) is 22.6 Å². The number of anilines is 1. The van der Waals surface area contributed by atoms with E-state index in [4.69, 9.17) is 0 Å². The zero-order valence-electron chi connectivity index (χ0n) is 10.7. The third-order valence-corrected chi connectivity index (χ3v) is 3.16. The SMILES string of the molecule is CNc1nnc(-c2ccccc2C)c(C)c1C. The quantitative estimate of drug-likeness (QED) is 0.856. The van der Waals surface area contributed by atoms with Gasteiger partial charge in [-0.15, -0.1) is 10.2 Å². The van der Waals surface area contributed by atoms with E-state index >= 15 is 0 Å². The Kier molecular flexibility index (Phi) is 3.09. The predicted molar refractivity (Wildman–Crippen MR) is 71.2 cm³/mol. The summed E-state index contributed by atoms with van der Waals surface area (Å²) in [6.07, 6.45) is 0. The first-order chi connectivity index (χ1) is 8.15. The maximum absolute atomic E-state index is 4.33. The van der Waals surface area contributed by atoms with E-state index < -0.39 is 0 Å². The van der Waals surface area contributed by atoms with Gasteiger partial charge in [-0.1, -0.05) is 24.3 Å². The molecule has 1 aromatic heterocycles. The zero-order chi connectivity index (χ0) is 12.4. The fourth-order valence-corrected chi connectivity index (χ4v) is 1.94. The van der Waals surface area contributed by atoms with Crippen LogP contribution < -0.4 is 5.32 Å². The Morgan fingerprint density at radius 2 is 1.65 bits per heavy atom. The van der Waals surface area contributed by atoms with Crippen molar-refractivity contribution >= 4 is 5.82 Å². The molecule has 3 nitrogen and oxygen atoms in total. The van der Waals surface area contributed by atoms with Gasteiger partial charge in [0.25, 0.3) is 0 Å². The second-order valence-electron chi connectivity index (χ2n) is 4.21. The van der Waals surface area contributed by atoms with Crippen LogP contribution in [0.1, 0.15) is 16.7 Å². The first-order valence-corrected chi connectivity index (χ1v) is 5.72. The van der Waals surface area contributed by atoms with Crippen molar-refractivity contribution in [3.8, 4) is 11.3 Å². The van der Waals surface area contributed by atoms with Crippen LogP contribution in [0.4, 0.5) is 5.82 Å². The second-order valence-corrected chi connectivity index (χ2v) is 4.21. The van der Waals surface area contributed by atoms with Crippen molar-refractivity contribution in [3.63, 3.8) is 0 Å². The van der Waals surface area contributed by atoms with Gasteiger partial charge >= 0.3 is 0 Å².